The van der Waals surface area contributed by atoms with Crippen LogP contribution >= 0.6 is 23.5 Å². The van der Waals surface area contributed by atoms with Crippen molar-refractivity contribution in [2.75, 3.05) is 13.2 Å². The predicted octanol–water partition coefficient (Wildman–Crippen LogP) is 14.3. The molecular formula is C46H56NiO2S6-4. The molecule has 0 radical (unpaired) electrons. The zero-order valence-corrected chi connectivity index (χ0v) is 39.3. The van der Waals surface area contributed by atoms with E-state index in [1.165, 1.54) is 34.7 Å². The molecule has 0 saturated carbocycles. The molecular weight excluding hydrogens is 836 g/mol. The van der Waals surface area contributed by atoms with E-state index in [9.17, 15) is 0 Å². The van der Waals surface area contributed by atoms with Crippen molar-refractivity contribution >= 4 is 83.8 Å². The minimum Gasteiger partial charge on any atom is -0.780 e. The standard InChI is InChI=1S/2C23H30OS3.Ni/c2*1-5-17(4)18-11-12-21(24-14-13-16(2)3)20(15-18)22(25)23(26)27-19-9-7-6-8-10-19;/h2*6-12,15-17,25-26H,5,13-14H2,1-4H3;/p-4/b2*23-22+;. The molecule has 0 aliphatic rings. The van der Waals surface area contributed by atoms with Crippen molar-refractivity contribution in [1.29, 1.82) is 0 Å². The Morgan fingerprint density at radius 1 is 0.527 bits per heavy atom. The van der Waals surface area contributed by atoms with E-state index in [0.717, 1.165) is 58.1 Å². The molecule has 0 heterocycles. The van der Waals surface area contributed by atoms with E-state index < -0.39 is 0 Å². The molecule has 0 aliphatic carbocycles. The average Bonchev–Trinajstić information content (AvgIpc) is 3.17. The summed E-state index contributed by atoms with van der Waals surface area (Å²) >= 11 is 25.9. The Morgan fingerprint density at radius 3 is 1.18 bits per heavy atom. The average molecular weight is 892 g/mol. The Bertz CT molecular complexity index is 1650. The van der Waals surface area contributed by atoms with Crippen LogP contribution in [-0.4, -0.2) is 13.2 Å². The van der Waals surface area contributed by atoms with Gasteiger partial charge in [0.2, 0.25) is 0 Å². The van der Waals surface area contributed by atoms with Crippen LogP contribution in [0.3, 0.4) is 0 Å². The van der Waals surface area contributed by atoms with Crippen molar-refractivity contribution in [3.05, 3.63) is 128 Å². The topological polar surface area (TPSA) is 18.5 Å². The SMILES string of the molecule is CCC(C)c1ccc(OCCC(C)C)c(/C([S-])=C(/[S-])Sc2ccccc2)c1.CCC(C)c1ccc(OCCC(C)C)c(/C([S-])=C(/[S-])Sc2ccccc2)c1.[Ni]. The molecule has 2 unspecified atom stereocenters. The summed E-state index contributed by atoms with van der Waals surface area (Å²) in [5, 5.41) is 0. The van der Waals surface area contributed by atoms with Crippen molar-refractivity contribution in [3.63, 3.8) is 0 Å². The zero-order chi connectivity index (χ0) is 39.6. The van der Waals surface area contributed by atoms with Crippen LogP contribution in [0.5, 0.6) is 11.5 Å². The van der Waals surface area contributed by atoms with Crippen molar-refractivity contribution in [3.8, 4) is 11.5 Å². The molecule has 0 aromatic heterocycles. The van der Waals surface area contributed by atoms with Crippen LogP contribution in [-0.2, 0) is 67.0 Å². The molecule has 0 amide bonds. The molecule has 0 spiro atoms. The Balaban J connectivity index is 0.000000373. The molecule has 4 rings (SSSR count). The van der Waals surface area contributed by atoms with Crippen LogP contribution < -0.4 is 9.47 Å². The van der Waals surface area contributed by atoms with Gasteiger partial charge in [0.1, 0.15) is 11.5 Å². The van der Waals surface area contributed by atoms with Gasteiger partial charge in [-0.05, 0) is 120 Å². The second-order valence-electron chi connectivity index (χ2n) is 14.3. The van der Waals surface area contributed by atoms with Gasteiger partial charge < -0.3 is 60.0 Å². The molecule has 0 fully saturated rings. The first-order valence-corrected chi connectivity index (χ1v) is 22.3. The maximum absolute atomic E-state index is 6.08. The molecule has 0 N–H and O–H groups in total. The molecule has 0 aliphatic heterocycles. The van der Waals surface area contributed by atoms with Crippen LogP contribution in [0.15, 0.2) is 115 Å². The van der Waals surface area contributed by atoms with Gasteiger partial charge in [-0.25, -0.2) is 0 Å². The van der Waals surface area contributed by atoms with Crippen LogP contribution in [0.1, 0.15) is 115 Å². The number of rotatable bonds is 18. The van der Waals surface area contributed by atoms with E-state index in [1.54, 1.807) is 0 Å². The maximum atomic E-state index is 6.08. The Hall–Kier alpha value is -1.97. The Morgan fingerprint density at radius 2 is 0.873 bits per heavy atom. The smallest absolute Gasteiger partial charge is 0.124 e. The second-order valence-corrected chi connectivity index (χ2v) is 18.6. The fraction of sp³-hybridized carbons (Fsp3) is 0.391. The van der Waals surface area contributed by atoms with Gasteiger partial charge in [-0.1, -0.05) is 104 Å². The third kappa shape index (κ3) is 16.8. The molecule has 9 heteroatoms. The maximum Gasteiger partial charge on any atom is 0.124 e. The number of benzene rings is 4. The molecule has 0 bridgehead atoms. The fourth-order valence-electron chi connectivity index (χ4n) is 5.10. The number of thioether (sulfide) groups is 2. The van der Waals surface area contributed by atoms with Gasteiger partial charge in [0.05, 0.1) is 13.2 Å². The second kappa shape index (κ2) is 26.1. The monoisotopic (exact) mass is 890 g/mol. The normalized spacial score (nSPS) is 13.1. The summed E-state index contributed by atoms with van der Waals surface area (Å²) in [6.07, 6.45) is 4.21. The molecule has 4 aromatic carbocycles. The minimum absolute atomic E-state index is 0. The zero-order valence-electron chi connectivity index (χ0n) is 33.4. The summed E-state index contributed by atoms with van der Waals surface area (Å²) < 4.78 is 13.6. The number of hydrogen-bond donors (Lipinski definition) is 0. The van der Waals surface area contributed by atoms with Gasteiger partial charge in [0, 0.05) is 26.3 Å². The quantitative estimate of drug-likeness (QED) is 0.0552. The van der Waals surface area contributed by atoms with Gasteiger partial charge in [0.25, 0.3) is 0 Å². The van der Waals surface area contributed by atoms with Crippen molar-refractivity contribution in [2.24, 2.45) is 11.8 Å². The van der Waals surface area contributed by atoms with E-state index in [1.807, 2.05) is 36.4 Å². The summed E-state index contributed by atoms with van der Waals surface area (Å²) in [6, 6.07) is 33.0. The van der Waals surface area contributed by atoms with Gasteiger partial charge in [-0.3, -0.25) is 0 Å². The van der Waals surface area contributed by atoms with E-state index in [-0.39, 0.29) is 16.5 Å². The third-order valence-corrected chi connectivity index (χ3v) is 13.1. The van der Waals surface area contributed by atoms with E-state index >= 15 is 0 Å². The van der Waals surface area contributed by atoms with E-state index in [2.05, 4.69) is 116 Å². The van der Waals surface area contributed by atoms with Gasteiger partial charge >= 0.3 is 0 Å². The minimum atomic E-state index is 0. The largest absolute Gasteiger partial charge is 0.780 e. The summed E-state index contributed by atoms with van der Waals surface area (Å²) in [7, 11) is 0. The Labute approximate surface area is 373 Å². The molecule has 4 aromatic rings. The summed E-state index contributed by atoms with van der Waals surface area (Å²) in [4.78, 5) is 3.60. The fourth-order valence-corrected chi connectivity index (χ4v) is 7.89. The number of hydrogen-bond acceptors (Lipinski definition) is 8. The first kappa shape index (κ1) is 49.2. The first-order chi connectivity index (χ1) is 25.8. The third-order valence-electron chi connectivity index (χ3n) is 9.04. The molecule has 302 valence electrons. The number of ether oxygens (including phenoxy) is 2. The van der Waals surface area contributed by atoms with Crippen LogP contribution in [0.25, 0.3) is 9.81 Å². The van der Waals surface area contributed by atoms with Crippen molar-refractivity contribution < 1.29 is 26.0 Å². The van der Waals surface area contributed by atoms with Gasteiger partial charge in [-0.15, -0.1) is 23.5 Å². The van der Waals surface area contributed by atoms with E-state index in [4.69, 9.17) is 60.0 Å². The van der Waals surface area contributed by atoms with Gasteiger partial charge in [-0.2, -0.15) is 18.3 Å². The van der Waals surface area contributed by atoms with Crippen molar-refractivity contribution in [2.45, 2.75) is 103 Å². The molecule has 0 saturated heterocycles. The van der Waals surface area contributed by atoms with Crippen LogP contribution in [0.4, 0.5) is 0 Å². The molecule has 2 nitrogen and oxygen atoms in total. The van der Waals surface area contributed by atoms with Crippen LogP contribution in [0, 0.1) is 11.8 Å². The Kier molecular flexibility index (Phi) is 23.4. The predicted molar refractivity (Wildman–Crippen MR) is 248 cm³/mol. The van der Waals surface area contributed by atoms with Gasteiger partial charge in [0.15, 0.2) is 0 Å². The first-order valence-electron chi connectivity index (χ1n) is 19.0. The molecule has 2 atom stereocenters. The van der Waals surface area contributed by atoms with E-state index in [0.29, 0.717) is 55.2 Å². The van der Waals surface area contributed by atoms with Crippen molar-refractivity contribution in [1.82, 2.24) is 0 Å². The van der Waals surface area contributed by atoms with Crippen LogP contribution in [0.2, 0.25) is 0 Å². The summed E-state index contributed by atoms with van der Waals surface area (Å²) in [5.74, 6) is 3.84. The summed E-state index contributed by atoms with van der Waals surface area (Å²) in [5.41, 5.74) is 4.44. The molecule has 55 heavy (non-hydrogen) atoms. The summed E-state index contributed by atoms with van der Waals surface area (Å²) in [6.45, 7) is 19.1.